The van der Waals surface area contributed by atoms with E-state index in [1.165, 1.54) is 32.1 Å². The summed E-state index contributed by atoms with van der Waals surface area (Å²) < 4.78 is 5.99. The zero-order valence-corrected chi connectivity index (χ0v) is 16.5. The molecule has 142 valence electrons. The van der Waals surface area contributed by atoms with Gasteiger partial charge in [-0.1, -0.05) is 49.6 Å². The number of thioether (sulfide) groups is 1. The molecule has 2 aromatic rings. The van der Waals surface area contributed by atoms with Crippen molar-refractivity contribution in [3.05, 3.63) is 59.7 Å². The molecule has 1 fully saturated rings. The van der Waals surface area contributed by atoms with Gasteiger partial charge in [0.25, 0.3) is 0 Å². The molecule has 3 nitrogen and oxygen atoms in total. The van der Waals surface area contributed by atoms with E-state index in [0.29, 0.717) is 6.61 Å². The third-order valence-electron chi connectivity index (χ3n) is 5.03. The summed E-state index contributed by atoms with van der Waals surface area (Å²) in [5.41, 5.74) is 1.87. The smallest absolute Gasteiger partial charge is 0.121 e. The van der Waals surface area contributed by atoms with E-state index in [1.807, 2.05) is 60.3 Å². The molecule has 4 heteroatoms. The van der Waals surface area contributed by atoms with Crippen molar-refractivity contribution in [1.82, 2.24) is 0 Å². The van der Waals surface area contributed by atoms with E-state index in [4.69, 9.17) is 10.00 Å². The summed E-state index contributed by atoms with van der Waals surface area (Å²) in [5.74, 6) is 2.64. The molecule has 1 atom stereocenters. The summed E-state index contributed by atoms with van der Waals surface area (Å²) >= 11 is 1.84. The van der Waals surface area contributed by atoms with Crippen molar-refractivity contribution in [2.75, 3.05) is 5.75 Å². The van der Waals surface area contributed by atoms with Crippen LogP contribution in [-0.2, 0) is 6.61 Å². The number of benzene rings is 2. The van der Waals surface area contributed by atoms with Crippen LogP contribution < -0.4 is 4.74 Å². The van der Waals surface area contributed by atoms with E-state index in [2.05, 4.69) is 6.07 Å². The number of rotatable bonds is 8. The SMILES string of the molecule is N#CCC(O)c1cc(OCc2ccccc2)cc(SCC2CCCCC2)c1. The van der Waals surface area contributed by atoms with Crippen molar-refractivity contribution in [3.63, 3.8) is 0 Å². The van der Waals surface area contributed by atoms with Crippen molar-refractivity contribution in [2.45, 2.75) is 56.1 Å². The predicted octanol–water partition coefficient (Wildman–Crippen LogP) is 5.89. The highest BCUT2D eigenvalue weighted by atomic mass is 32.2. The molecular formula is C23H27NO2S. The van der Waals surface area contributed by atoms with Gasteiger partial charge in [0.15, 0.2) is 0 Å². The van der Waals surface area contributed by atoms with E-state index < -0.39 is 6.10 Å². The van der Waals surface area contributed by atoms with Gasteiger partial charge in [0.2, 0.25) is 0 Å². The molecule has 1 N–H and O–H groups in total. The average Bonchev–Trinajstić information content (AvgIpc) is 2.72. The first-order chi connectivity index (χ1) is 13.2. The van der Waals surface area contributed by atoms with Crippen LogP contribution in [0.4, 0.5) is 0 Å². The van der Waals surface area contributed by atoms with E-state index >= 15 is 0 Å². The minimum Gasteiger partial charge on any atom is -0.489 e. The molecule has 0 radical (unpaired) electrons. The summed E-state index contributed by atoms with van der Waals surface area (Å²) in [7, 11) is 0. The first kappa shape index (κ1) is 19.8. The maximum Gasteiger partial charge on any atom is 0.121 e. The van der Waals surface area contributed by atoms with E-state index in [9.17, 15) is 5.11 Å². The zero-order valence-electron chi connectivity index (χ0n) is 15.6. The highest BCUT2D eigenvalue weighted by molar-refractivity contribution is 7.99. The molecule has 1 saturated carbocycles. The fourth-order valence-corrected chi connectivity index (χ4v) is 4.65. The minimum absolute atomic E-state index is 0.0921. The molecule has 0 spiro atoms. The maximum absolute atomic E-state index is 10.3. The Hall–Kier alpha value is -1.96. The molecule has 0 amide bonds. The van der Waals surface area contributed by atoms with Crippen molar-refractivity contribution in [1.29, 1.82) is 5.26 Å². The standard InChI is InChI=1S/C23H27NO2S/c24-12-11-23(25)20-13-21(26-16-18-7-3-1-4-8-18)15-22(14-20)27-17-19-9-5-2-6-10-19/h1,3-4,7-8,13-15,19,23,25H,2,5-6,9-11,16-17H2. The number of nitriles is 1. The van der Waals surface area contributed by atoms with Crippen LogP contribution in [0.5, 0.6) is 5.75 Å². The first-order valence-electron chi connectivity index (χ1n) is 9.74. The van der Waals surface area contributed by atoms with Crippen LogP contribution in [0.15, 0.2) is 53.4 Å². The molecule has 1 unspecified atom stereocenters. The van der Waals surface area contributed by atoms with Crippen LogP contribution in [0.1, 0.15) is 55.8 Å². The Labute approximate surface area is 166 Å². The first-order valence-corrected chi connectivity index (χ1v) is 10.7. The summed E-state index contributed by atoms with van der Waals surface area (Å²) in [6.45, 7) is 0.491. The van der Waals surface area contributed by atoms with Crippen LogP contribution in [0, 0.1) is 17.2 Å². The Bertz CT molecular complexity index is 751. The lowest BCUT2D eigenvalue weighted by Gasteiger charge is -2.21. The molecule has 2 aromatic carbocycles. The van der Waals surface area contributed by atoms with E-state index in [-0.39, 0.29) is 6.42 Å². The fourth-order valence-electron chi connectivity index (χ4n) is 3.47. The van der Waals surface area contributed by atoms with Gasteiger partial charge in [-0.2, -0.15) is 5.26 Å². The Morgan fingerprint density at radius 2 is 1.89 bits per heavy atom. The van der Waals surface area contributed by atoms with Gasteiger partial charge >= 0.3 is 0 Å². The molecule has 0 bridgehead atoms. The third-order valence-corrected chi connectivity index (χ3v) is 6.24. The van der Waals surface area contributed by atoms with E-state index in [0.717, 1.165) is 33.4 Å². The molecule has 27 heavy (non-hydrogen) atoms. The molecule has 0 aromatic heterocycles. The summed E-state index contributed by atoms with van der Waals surface area (Å²) in [5, 5.41) is 19.2. The van der Waals surface area contributed by atoms with Crippen molar-refractivity contribution in [3.8, 4) is 11.8 Å². The van der Waals surface area contributed by atoms with Crippen LogP contribution in [0.2, 0.25) is 0 Å². The third kappa shape index (κ3) is 6.30. The zero-order chi connectivity index (χ0) is 18.9. The van der Waals surface area contributed by atoms with Gasteiger partial charge in [-0.3, -0.25) is 0 Å². The van der Waals surface area contributed by atoms with E-state index in [1.54, 1.807) is 0 Å². The Morgan fingerprint density at radius 1 is 1.11 bits per heavy atom. The number of hydrogen-bond acceptors (Lipinski definition) is 4. The Balaban J connectivity index is 1.70. The van der Waals surface area contributed by atoms with Crippen molar-refractivity contribution >= 4 is 11.8 Å². The van der Waals surface area contributed by atoms with Gasteiger partial charge < -0.3 is 9.84 Å². The summed E-state index contributed by atoms with van der Waals surface area (Å²) in [6, 6.07) is 18.0. The van der Waals surface area contributed by atoms with Crippen LogP contribution in [0.3, 0.4) is 0 Å². The molecule has 3 rings (SSSR count). The summed E-state index contributed by atoms with van der Waals surface area (Å²) in [4.78, 5) is 1.11. The molecule has 1 aliphatic carbocycles. The second kappa shape index (κ2) is 10.4. The van der Waals surface area contributed by atoms with Gasteiger partial charge in [0, 0.05) is 10.6 Å². The summed E-state index contributed by atoms with van der Waals surface area (Å²) in [6.07, 6.45) is 6.02. The monoisotopic (exact) mass is 381 g/mol. The number of ether oxygens (including phenoxy) is 1. The lowest BCUT2D eigenvalue weighted by atomic mass is 9.91. The van der Waals surface area contributed by atoms with Crippen molar-refractivity contribution in [2.24, 2.45) is 5.92 Å². The topological polar surface area (TPSA) is 53.2 Å². The molecule has 0 heterocycles. The second-order valence-corrected chi connectivity index (χ2v) is 8.30. The van der Waals surface area contributed by atoms with Crippen molar-refractivity contribution < 1.29 is 9.84 Å². The van der Waals surface area contributed by atoms with Crippen LogP contribution in [-0.4, -0.2) is 10.9 Å². The highest BCUT2D eigenvalue weighted by Crippen LogP contribution is 2.34. The van der Waals surface area contributed by atoms with Gasteiger partial charge in [0.1, 0.15) is 12.4 Å². The van der Waals surface area contributed by atoms with Gasteiger partial charge in [-0.15, -0.1) is 11.8 Å². The Morgan fingerprint density at radius 3 is 2.63 bits per heavy atom. The molecule has 0 aliphatic heterocycles. The molecule has 1 aliphatic rings. The highest BCUT2D eigenvalue weighted by Gasteiger charge is 2.15. The van der Waals surface area contributed by atoms with Crippen LogP contribution in [0.25, 0.3) is 0 Å². The van der Waals surface area contributed by atoms with Crippen LogP contribution >= 0.6 is 11.8 Å². The lowest BCUT2D eigenvalue weighted by molar-refractivity contribution is 0.182. The normalized spacial score (nSPS) is 15.9. The number of aliphatic hydroxyl groups is 1. The largest absolute Gasteiger partial charge is 0.489 e. The minimum atomic E-state index is -0.774. The number of aliphatic hydroxyl groups excluding tert-OH is 1. The van der Waals surface area contributed by atoms with Gasteiger partial charge in [0.05, 0.1) is 18.6 Å². The lowest BCUT2D eigenvalue weighted by Crippen LogP contribution is -2.08. The molecular weight excluding hydrogens is 354 g/mol. The van der Waals surface area contributed by atoms with Gasteiger partial charge in [-0.05, 0) is 48.1 Å². The average molecular weight is 382 g/mol. The quantitative estimate of drug-likeness (QED) is 0.580. The fraction of sp³-hybridized carbons (Fsp3) is 0.435. The molecule has 0 saturated heterocycles. The number of hydrogen-bond donors (Lipinski definition) is 1. The maximum atomic E-state index is 10.3. The Kier molecular flexibility index (Phi) is 7.62. The second-order valence-electron chi connectivity index (χ2n) is 7.21. The van der Waals surface area contributed by atoms with Gasteiger partial charge in [-0.25, -0.2) is 0 Å². The number of nitrogens with zero attached hydrogens (tertiary/aromatic N) is 1. The predicted molar refractivity (Wildman–Crippen MR) is 110 cm³/mol.